The standard InChI is InChI=1S/C22H28N6/c1-4-28(5-2)20-8-6-19(7-9-20)25-21-12-16-24-22(26-21)27(3)17-13-18-10-14-23-15-11-18/h6-12,14-16H,4-5,13,17H2,1-3H3,(H,24,25,26). The van der Waals surface area contributed by atoms with Crippen molar-refractivity contribution in [3.8, 4) is 0 Å². The van der Waals surface area contributed by atoms with Gasteiger partial charge in [-0.3, -0.25) is 4.98 Å². The van der Waals surface area contributed by atoms with Crippen molar-refractivity contribution < 1.29 is 0 Å². The van der Waals surface area contributed by atoms with Crippen molar-refractivity contribution in [2.24, 2.45) is 0 Å². The van der Waals surface area contributed by atoms with Gasteiger partial charge in [-0.2, -0.15) is 4.98 Å². The van der Waals surface area contributed by atoms with Crippen molar-refractivity contribution in [2.75, 3.05) is 41.8 Å². The van der Waals surface area contributed by atoms with Crippen molar-refractivity contribution in [2.45, 2.75) is 20.3 Å². The second-order valence-corrected chi connectivity index (χ2v) is 6.61. The average molecular weight is 377 g/mol. The number of nitrogens with zero attached hydrogens (tertiary/aromatic N) is 5. The number of likely N-dealkylation sites (N-methyl/N-ethyl adjacent to an activating group) is 1. The van der Waals surface area contributed by atoms with E-state index in [0.717, 1.165) is 37.6 Å². The molecule has 0 aliphatic heterocycles. The molecule has 6 nitrogen and oxygen atoms in total. The van der Waals surface area contributed by atoms with Gasteiger partial charge in [-0.05, 0) is 68.3 Å². The number of benzene rings is 1. The molecule has 0 aliphatic carbocycles. The van der Waals surface area contributed by atoms with Crippen LogP contribution in [0.4, 0.5) is 23.1 Å². The van der Waals surface area contributed by atoms with E-state index in [4.69, 9.17) is 0 Å². The quantitative estimate of drug-likeness (QED) is 0.606. The topological polar surface area (TPSA) is 57.2 Å². The van der Waals surface area contributed by atoms with E-state index in [1.807, 2.05) is 37.6 Å². The predicted molar refractivity (Wildman–Crippen MR) is 117 cm³/mol. The minimum Gasteiger partial charge on any atom is -0.372 e. The fourth-order valence-electron chi connectivity index (χ4n) is 3.04. The lowest BCUT2D eigenvalue weighted by Crippen LogP contribution is -2.22. The van der Waals surface area contributed by atoms with E-state index in [9.17, 15) is 0 Å². The van der Waals surface area contributed by atoms with Gasteiger partial charge in [0.2, 0.25) is 5.95 Å². The van der Waals surface area contributed by atoms with Crippen molar-refractivity contribution in [3.63, 3.8) is 0 Å². The van der Waals surface area contributed by atoms with E-state index in [2.05, 4.69) is 68.2 Å². The highest BCUT2D eigenvalue weighted by Crippen LogP contribution is 2.21. The van der Waals surface area contributed by atoms with Gasteiger partial charge in [-0.1, -0.05) is 0 Å². The first-order valence-electron chi connectivity index (χ1n) is 9.74. The lowest BCUT2D eigenvalue weighted by molar-refractivity contribution is 0.837. The Bertz CT molecular complexity index is 846. The lowest BCUT2D eigenvalue weighted by Gasteiger charge is -2.21. The van der Waals surface area contributed by atoms with Crippen LogP contribution in [0.25, 0.3) is 0 Å². The molecule has 0 saturated heterocycles. The number of hydrogen-bond donors (Lipinski definition) is 1. The molecule has 0 fully saturated rings. The summed E-state index contributed by atoms with van der Waals surface area (Å²) in [5, 5.41) is 3.37. The number of aromatic nitrogens is 3. The molecular weight excluding hydrogens is 348 g/mol. The van der Waals surface area contributed by atoms with Crippen molar-refractivity contribution >= 4 is 23.1 Å². The minimum atomic E-state index is 0.707. The summed E-state index contributed by atoms with van der Waals surface area (Å²) >= 11 is 0. The molecular formula is C22H28N6. The number of rotatable bonds is 9. The summed E-state index contributed by atoms with van der Waals surface area (Å²) in [6, 6.07) is 14.4. The summed E-state index contributed by atoms with van der Waals surface area (Å²) in [4.78, 5) is 17.5. The highest BCUT2D eigenvalue weighted by Gasteiger charge is 2.07. The molecule has 28 heavy (non-hydrogen) atoms. The molecule has 1 aromatic carbocycles. The average Bonchev–Trinajstić information content (AvgIpc) is 2.75. The molecule has 0 spiro atoms. The molecule has 0 radical (unpaired) electrons. The van der Waals surface area contributed by atoms with Gasteiger partial charge in [0.25, 0.3) is 0 Å². The van der Waals surface area contributed by atoms with Crippen LogP contribution in [0, 0.1) is 0 Å². The van der Waals surface area contributed by atoms with Gasteiger partial charge in [0, 0.05) is 56.6 Å². The largest absolute Gasteiger partial charge is 0.372 e. The zero-order chi connectivity index (χ0) is 19.8. The molecule has 3 rings (SSSR count). The first-order valence-corrected chi connectivity index (χ1v) is 9.74. The summed E-state index contributed by atoms with van der Waals surface area (Å²) in [5.41, 5.74) is 3.50. The number of hydrogen-bond acceptors (Lipinski definition) is 6. The monoisotopic (exact) mass is 376 g/mol. The van der Waals surface area contributed by atoms with Crippen molar-refractivity contribution in [3.05, 3.63) is 66.6 Å². The van der Waals surface area contributed by atoms with Crippen LogP contribution >= 0.6 is 0 Å². The summed E-state index contributed by atoms with van der Waals surface area (Å²) in [7, 11) is 2.01. The Kier molecular flexibility index (Phi) is 6.78. The Morgan fingerprint density at radius 2 is 1.61 bits per heavy atom. The molecule has 0 atom stereocenters. The molecule has 0 aliphatic rings. The fraction of sp³-hybridized carbons (Fsp3) is 0.318. The second-order valence-electron chi connectivity index (χ2n) is 6.61. The van der Waals surface area contributed by atoms with Crippen LogP contribution in [0.5, 0.6) is 0 Å². The molecule has 2 aromatic heterocycles. The van der Waals surface area contributed by atoms with E-state index in [0.29, 0.717) is 5.95 Å². The van der Waals surface area contributed by atoms with Gasteiger partial charge >= 0.3 is 0 Å². The first-order chi connectivity index (χ1) is 13.7. The third-order valence-electron chi connectivity index (χ3n) is 4.74. The van der Waals surface area contributed by atoms with Crippen LogP contribution in [-0.2, 0) is 6.42 Å². The van der Waals surface area contributed by atoms with E-state index < -0.39 is 0 Å². The van der Waals surface area contributed by atoms with E-state index in [1.165, 1.54) is 11.3 Å². The number of nitrogens with one attached hydrogen (secondary N) is 1. The smallest absolute Gasteiger partial charge is 0.227 e. The van der Waals surface area contributed by atoms with Crippen LogP contribution in [0.1, 0.15) is 19.4 Å². The Hall–Kier alpha value is -3.15. The van der Waals surface area contributed by atoms with Gasteiger partial charge in [-0.15, -0.1) is 0 Å². The maximum atomic E-state index is 4.65. The maximum Gasteiger partial charge on any atom is 0.227 e. The number of anilines is 4. The van der Waals surface area contributed by atoms with E-state index >= 15 is 0 Å². The van der Waals surface area contributed by atoms with Gasteiger partial charge in [0.15, 0.2) is 0 Å². The van der Waals surface area contributed by atoms with Crippen LogP contribution in [0.2, 0.25) is 0 Å². The Morgan fingerprint density at radius 1 is 0.893 bits per heavy atom. The highest BCUT2D eigenvalue weighted by molar-refractivity contribution is 5.61. The zero-order valence-electron chi connectivity index (χ0n) is 16.8. The highest BCUT2D eigenvalue weighted by atomic mass is 15.2. The summed E-state index contributed by atoms with van der Waals surface area (Å²) in [6.45, 7) is 7.19. The Balaban J connectivity index is 1.62. The fourth-order valence-corrected chi connectivity index (χ4v) is 3.04. The maximum absolute atomic E-state index is 4.65. The van der Waals surface area contributed by atoms with E-state index in [-0.39, 0.29) is 0 Å². The van der Waals surface area contributed by atoms with Gasteiger partial charge < -0.3 is 15.1 Å². The molecule has 146 valence electrons. The first kappa shape index (κ1) is 19.6. The SMILES string of the molecule is CCN(CC)c1ccc(Nc2ccnc(N(C)CCc3ccncc3)n2)cc1. The molecule has 2 heterocycles. The molecule has 0 amide bonds. The lowest BCUT2D eigenvalue weighted by atomic mass is 10.2. The third-order valence-corrected chi connectivity index (χ3v) is 4.74. The van der Waals surface area contributed by atoms with Crippen LogP contribution in [0.15, 0.2) is 61.1 Å². The molecule has 3 aromatic rings. The normalized spacial score (nSPS) is 10.5. The van der Waals surface area contributed by atoms with Gasteiger partial charge in [0.05, 0.1) is 0 Å². The van der Waals surface area contributed by atoms with Gasteiger partial charge in [-0.25, -0.2) is 4.98 Å². The Labute approximate surface area is 167 Å². The summed E-state index contributed by atoms with van der Waals surface area (Å²) in [6.07, 6.45) is 6.36. The molecule has 1 N–H and O–H groups in total. The molecule has 0 bridgehead atoms. The van der Waals surface area contributed by atoms with Crippen LogP contribution in [0.3, 0.4) is 0 Å². The van der Waals surface area contributed by atoms with Crippen LogP contribution < -0.4 is 15.1 Å². The third kappa shape index (κ3) is 5.19. The molecule has 0 saturated carbocycles. The van der Waals surface area contributed by atoms with Crippen molar-refractivity contribution in [1.29, 1.82) is 0 Å². The summed E-state index contributed by atoms with van der Waals surface area (Å²) in [5.74, 6) is 1.50. The van der Waals surface area contributed by atoms with Gasteiger partial charge in [0.1, 0.15) is 5.82 Å². The second kappa shape index (κ2) is 9.69. The Morgan fingerprint density at radius 3 is 2.29 bits per heavy atom. The predicted octanol–water partition coefficient (Wildman–Crippen LogP) is 4.14. The van der Waals surface area contributed by atoms with E-state index in [1.54, 1.807) is 6.20 Å². The van der Waals surface area contributed by atoms with Crippen molar-refractivity contribution in [1.82, 2.24) is 15.0 Å². The number of pyridine rings is 1. The summed E-state index contributed by atoms with van der Waals surface area (Å²) < 4.78 is 0. The molecule has 0 unspecified atom stereocenters. The molecule has 6 heteroatoms. The zero-order valence-corrected chi connectivity index (χ0v) is 16.8. The van der Waals surface area contributed by atoms with Crippen LogP contribution in [-0.4, -0.2) is 41.6 Å². The minimum absolute atomic E-state index is 0.707.